The summed E-state index contributed by atoms with van der Waals surface area (Å²) in [7, 11) is 0. The second-order valence-electron chi connectivity index (χ2n) is 13.4. The number of carbonyl (C=O) groups excluding carboxylic acids is 5. The molecule has 0 aliphatic heterocycles. The van der Waals surface area contributed by atoms with E-state index in [1.807, 2.05) is 0 Å². The van der Waals surface area contributed by atoms with E-state index >= 15 is 0 Å². The van der Waals surface area contributed by atoms with Gasteiger partial charge in [-0.25, -0.2) is 4.79 Å². The van der Waals surface area contributed by atoms with Crippen LogP contribution in [0.1, 0.15) is 70.8 Å². The third-order valence-corrected chi connectivity index (χ3v) is 8.38. The largest absolute Gasteiger partial charge is 0.392 e. The summed E-state index contributed by atoms with van der Waals surface area (Å²) >= 11 is 0. The molecular formula is C39H62N6O11. The van der Waals surface area contributed by atoms with E-state index in [9.17, 15) is 29.1 Å². The molecule has 1 aliphatic carbocycles. The number of carbonyl (C=O) groups is 5. The molecule has 0 fully saturated rings. The Morgan fingerprint density at radius 3 is 2.11 bits per heavy atom. The number of urea groups is 1. The number of primary amides is 1. The van der Waals surface area contributed by atoms with Gasteiger partial charge < -0.3 is 61.1 Å². The van der Waals surface area contributed by atoms with Gasteiger partial charge in [0, 0.05) is 31.6 Å². The number of benzene rings is 1. The number of aliphatic hydroxyl groups is 1. The molecular weight excluding hydrogens is 728 g/mol. The molecule has 0 saturated carbocycles. The summed E-state index contributed by atoms with van der Waals surface area (Å²) < 4.78 is 27.6. The Labute approximate surface area is 330 Å². The summed E-state index contributed by atoms with van der Waals surface area (Å²) in [5, 5.41) is 22.7. The minimum atomic E-state index is -0.969. The quantitative estimate of drug-likeness (QED) is 0.0449. The van der Waals surface area contributed by atoms with Crippen molar-refractivity contribution in [1.29, 1.82) is 0 Å². The van der Waals surface area contributed by atoms with Gasteiger partial charge in [-0.15, -0.1) is 5.92 Å². The Kier molecular flexibility index (Phi) is 25.6. The molecule has 0 heterocycles. The van der Waals surface area contributed by atoms with Crippen molar-refractivity contribution in [1.82, 2.24) is 21.3 Å². The maximum absolute atomic E-state index is 13.3. The summed E-state index contributed by atoms with van der Waals surface area (Å²) in [5.74, 6) is 4.29. The summed E-state index contributed by atoms with van der Waals surface area (Å²) in [6.45, 7) is 6.50. The first-order valence-corrected chi connectivity index (χ1v) is 19.4. The van der Waals surface area contributed by atoms with E-state index in [4.69, 9.17) is 29.4 Å². The Balaban J connectivity index is 1.55. The number of amides is 6. The lowest BCUT2D eigenvalue weighted by atomic mass is 10.0. The average Bonchev–Trinajstić information content (AvgIpc) is 3.16. The van der Waals surface area contributed by atoms with Crippen molar-refractivity contribution >= 4 is 35.3 Å². The molecule has 0 saturated heterocycles. The summed E-state index contributed by atoms with van der Waals surface area (Å²) in [5.41, 5.74) is 6.28. The normalized spacial score (nSPS) is 15.0. The average molecular weight is 791 g/mol. The van der Waals surface area contributed by atoms with Crippen LogP contribution in [0.5, 0.6) is 0 Å². The second-order valence-corrected chi connectivity index (χ2v) is 13.4. The van der Waals surface area contributed by atoms with Crippen LogP contribution in [0.15, 0.2) is 24.3 Å². The molecule has 0 bridgehead atoms. The standard InChI is InChI=1S/C39H62N6O11/c1-29(2)36(38(50)44-33(11-8-17-42-39(40)51)37(49)43-31-14-12-30(27-46)13-15-31)45-34(47)16-19-52-21-23-54-25-26-55-24-22-53-20-18-41-35(48)28-56-32-9-6-4-3-5-7-10-32/h12-15,29,32-33,36,46H,3-6,8-9,11,16-28H2,1-2H3,(H,41,48)(H,43,49)(H,44,50)(H,45,47)(H3,40,42,51)/t32?,33-,36-/m0/s1. The number of nitrogens with two attached hydrogens (primary N) is 1. The van der Waals surface area contributed by atoms with Crippen molar-refractivity contribution in [3.05, 3.63) is 29.8 Å². The number of rotatable bonds is 29. The van der Waals surface area contributed by atoms with Crippen LogP contribution >= 0.6 is 0 Å². The Morgan fingerprint density at radius 1 is 0.804 bits per heavy atom. The number of aliphatic hydroxyl groups excluding tert-OH is 1. The highest BCUT2D eigenvalue weighted by Gasteiger charge is 2.29. The van der Waals surface area contributed by atoms with Gasteiger partial charge in [0.05, 0.1) is 59.5 Å². The summed E-state index contributed by atoms with van der Waals surface area (Å²) in [4.78, 5) is 62.2. The fourth-order valence-electron chi connectivity index (χ4n) is 5.27. The van der Waals surface area contributed by atoms with Crippen molar-refractivity contribution in [2.75, 3.05) is 77.9 Å². The molecule has 3 atom stereocenters. The number of hydrogen-bond acceptors (Lipinski definition) is 11. The van der Waals surface area contributed by atoms with Crippen molar-refractivity contribution in [2.24, 2.45) is 11.7 Å². The minimum absolute atomic E-state index is 0.0132. The van der Waals surface area contributed by atoms with Crippen LogP contribution in [0, 0.1) is 17.8 Å². The smallest absolute Gasteiger partial charge is 0.312 e. The van der Waals surface area contributed by atoms with Crippen LogP contribution in [0.25, 0.3) is 0 Å². The van der Waals surface area contributed by atoms with Crippen LogP contribution in [-0.4, -0.2) is 126 Å². The number of anilines is 1. The van der Waals surface area contributed by atoms with Gasteiger partial charge in [-0.05, 0) is 55.7 Å². The highest BCUT2D eigenvalue weighted by atomic mass is 16.6. The molecule has 1 unspecified atom stereocenters. The van der Waals surface area contributed by atoms with Gasteiger partial charge in [0.25, 0.3) is 0 Å². The molecule has 1 aliphatic rings. The SMILES string of the molecule is CC(C)[C@H](NC(=O)CCOCCOCCOCCOCCNC(=O)COC1C#CCCCCC1)C(=O)N[C@@H](CCCNC(N)=O)C(=O)Nc1ccc(CO)cc1. The van der Waals surface area contributed by atoms with E-state index in [2.05, 4.69) is 38.4 Å². The number of nitrogens with one attached hydrogen (secondary N) is 5. The zero-order chi connectivity index (χ0) is 40.8. The van der Waals surface area contributed by atoms with Gasteiger partial charge in [0.1, 0.15) is 24.8 Å². The van der Waals surface area contributed by atoms with Gasteiger partial charge >= 0.3 is 6.03 Å². The molecule has 6 amide bonds. The lowest BCUT2D eigenvalue weighted by Crippen LogP contribution is -2.54. The minimum Gasteiger partial charge on any atom is -0.392 e. The van der Waals surface area contributed by atoms with E-state index in [1.165, 1.54) is 0 Å². The van der Waals surface area contributed by atoms with Crippen LogP contribution < -0.4 is 32.3 Å². The van der Waals surface area contributed by atoms with Crippen LogP contribution in [0.3, 0.4) is 0 Å². The zero-order valence-corrected chi connectivity index (χ0v) is 32.9. The zero-order valence-electron chi connectivity index (χ0n) is 32.9. The molecule has 0 radical (unpaired) electrons. The van der Waals surface area contributed by atoms with E-state index < -0.39 is 35.8 Å². The first-order chi connectivity index (χ1) is 27.1. The molecule has 56 heavy (non-hydrogen) atoms. The Bertz CT molecular complexity index is 1370. The number of hydrogen-bond donors (Lipinski definition) is 7. The van der Waals surface area contributed by atoms with Gasteiger partial charge in [-0.3, -0.25) is 19.2 Å². The first-order valence-electron chi connectivity index (χ1n) is 19.4. The van der Waals surface area contributed by atoms with Crippen molar-refractivity contribution in [2.45, 2.75) is 90.0 Å². The molecule has 1 aromatic rings. The summed E-state index contributed by atoms with van der Waals surface area (Å²) in [6.07, 6.45) is 5.44. The molecule has 17 heteroatoms. The monoisotopic (exact) mass is 790 g/mol. The van der Waals surface area contributed by atoms with Crippen LogP contribution in [0.2, 0.25) is 0 Å². The Morgan fingerprint density at radius 2 is 1.46 bits per heavy atom. The molecule has 8 N–H and O–H groups in total. The molecule has 2 rings (SSSR count). The fraction of sp³-hybridized carbons (Fsp3) is 0.667. The topological polar surface area (TPSA) is 238 Å². The van der Waals surface area contributed by atoms with Crippen LogP contribution in [0.4, 0.5) is 10.5 Å². The van der Waals surface area contributed by atoms with Gasteiger partial charge in [0.15, 0.2) is 0 Å². The lowest BCUT2D eigenvalue weighted by Gasteiger charge is -2.25. The molecule has 1 aromatic carbocycles. The van der Waals surface area contributed by atoms with E-state index in [0.717, 1.165) is 32.1 Å². The number of ether oxygens (including phenoxy) is 5. The van der Waals surface area contributed by atoms with Crippen molar-refractivity contribution in [3.8, 4) is 11.8 Å². The third-order valence-electron chi connectivity index (χ3n) is 8.38. The maximum atomic E-state index is 13.3. The van der Waals surface area contributed by atoms with E-state index in [-0.39, 0.29) is 63.7 Å². The molecule has 0 spiro atoms. The van der Waals surface area contributed by atoms with Gasteiger partial charge in [-0.2, -0.15) is 0 Å². The van der Waals surface area contributed by atoms with Crippen LogP contribution in [-0.2, 0) is 49.5 Å². The Hall–Kier alpha value is -4.31. The van der Waals surface area contributed by atoms with Crippen molar-refractivity contribution in [3.63, 3.8) is 0 Å². The highest BCUT2D eigenvalue weighted by Crippen LogP contribution is 2.13. The molecule has 17 nitrogen and oxygen atoms in total. The van der Waals surface area contributed by atoms with Gasteiger partial charge in [0.2, 0.25) is 23.6 Å². The lowest BCUT2D eigenvalue weighted by molar-refractivity contribution is -0.132. The second kappa shape index (κ2) is 29.9. The predicted molar refractivity (Wildman–Crippen MR) is 208 cm³/mol. The maximum Gasteiger partial charge on any atom is 0.312 e. The van der Waals surface area contributed by atoms with Gasteiger partial charge in [-0.1, -0.05) is 38.3 Å². The van der Waals surface area contributed by atoms with Crippen molar-refractivity contribution < 1.29 is 52.8 Å². The highest BCUT2D eigenvalue weighted by molar-refractivity contribution is 5.98. The van der Waals surface area contributed by atoms with E-state index in [1.54, 1.807) is 38.1 Å². The first kappa shape index (κ1) is 47.8. The predicted octanol–water partition coefficient (Wildman–Crippen LogP) is 1.12. The van der Waals surface area contributed by atoms with E-state index in [0.29, 0.717) is 63.9 Å². The fourth-order valence-corrected chi connectivity index (χ4v) is 5.27. The molecule has 0 aromatic heterocycles. The summed E-state index contributed by atoms with van der Waals surface area (Å²) in [6, 6.07) is 4.02. The molecule has 314 valence electrons. The third kappa shape index (κ3) is 22.9.